The molecule has 0 N–H and O–H groups in total. The van der Waals surface area contributed by atoms with Crippen LogP contribution in [0.15, 0.2) is 267 Å². The lowest BCUT2D eigenvalue weighted by Crippen LogP contribution is -2.12. The summed E-state index contributed by atoms with van der Waals surface area (Å²) in [4.78, 5) is 7.10. The van der Waals surface area contributed by atoms with Gasteiger partial charge in [0.2, 0.25) is 0 Å². The van der Waals surface area contributed by atoms with E-state index in [9.17, 15) is 0 Å². The number of rotatable bonds is 14. The Morgan fingerprint density at radius 2 is 0.592 bits per heavy atom. The highest BCUT2D eigenvalue weighted by atomic mass is 32.1. The Kier molecular flexibility index (Phi) is 12.8. The maximum Gasteiger partial charge on any atom is 0.119 e. The van der Waals surface area contributed by atoms with Gasteiger partial charge in [-0.2, -0.15) is 0 Å². The molecule has 0 unspecified atom stereocenters. The van der Waals surface area contributed by atoms with Crippen LogP contribution in [0.25, 0.3) is 65.4 Å². The lowest BCUT2D eigenvalue weighted by atomic mass is 9.91. The van der Waals surface area contributed by atoms with Crippen molar-refractivity contribution >= 4 is 45.5 Å². The van der Waals surface area contributed by atoms with Crippen LogP contribution in [0.5, 0.6) is 11.5 Å². The number of benzene rings is 10. The number of nitrogens with zero attached hydrogens (tertiary/aromatic N) is 2. The van der Waals surface area contributed by atoms with Gasteiger partial charge in [0.05, 0.1) is 25.6 Å². The summed E-state index contributed by atoms with van der Waals surface area (Å²) in [7, 11) is 3.45. The molecular weight excluding hydrogens is 885 g/mol. The number of para-hydroxylation sites is 2. The predicted molar refractivity (Wildman–Crippen MR) is 299 cm³/mol. The van der Waals surface area contributed by atoms with Crippen LogP contribution in [0.4, 0.5) is 34.1 Å². The van der Waals surface area contributed by atoms with Crippen LogP contribution in [-0.4, -0.2) is 14.2 Å². The van der Waals surface area contributed by atoms with E-state index in [2.05, 4.69) is 265 Å². The van der Waals surface area contributed by atoms with Crippen LogP contribution in [0, 0.1) is 0 Å². The molecule has 0 spiro atoms. The summed E-state index contributed by atoms with van der Waals surface area (Å²) in [6, 6.07) is 94.8. The van der Waals surface area contributed by atoms with Crippen LogP contribution in [0.3, 0.4) is 0 Å². The molecule has 0 aliphatic rings. The monoisotopic (exact) mass is 934 g/mol. The summed E-state index contributed by atoms with van der Waals surface area (Å²) in [5.41, 5.74) is 17.7. The van der Waals surface area contributed by atoms with Gasteiger partial charge in [0, 0.05) is 54.8 Å². The maximum atomic E-state index is 5.85. The van der Waals surface area contributed by atoms with Crippen LogP contribution in [0.1, 0.15) is 0 Å². The molecule has 0 radical (unpaired) electrons. The van der Waals surface area contributed by atoms with Crippen LogP contribution in [-0.2, 0) is 0 Å². The summed E-state index contributed by atoms with van der Waals surface area (Å²) < 4.78 is 11.7. The largest absolute Gasteiger partial charge is 0.497 e. The van der Waals surface area contributed by atoms with Crippen molar-refractivity contribution in [3.8, 4) is 76.9 Å². The predicted octanol–water partition coefficient (Wildman–Crippen LogP) is 18.7. The third kappa shape index (κ3) is 9.10. The van der Waals surface area contributed by atoms with Crippen molar-refractivity contribution in [3.05, 3.63) is 267 Å². The number of anilines is 6. The van der Waals surface area contributed by atoms with Crippen molar-refractivity contribution in [1.82, 2.24) is 0 Å². The van der Waals surface area contributed by atoms with Gasteiger partial charge in [-0.25, -0.2) is 0 Å². The number of hydrogen-bond acceptors (Lipinski definition) is 5. The van der Waals surface area contributed by atoms with Crippen molar-refractivity contribution in [2.75, 3.05) is 24.0 Å². The number of methoxy groups -OCH3 is 2. The zero-order valence-corrected chi connectivity index (χ0v) is 40.3. The Balaban J connectivity index is 1.09. The SMILES string of the molecule is COc1ccc(N(c2ccc(-c3sc(-c4ccc(N(c5ccccc5)c5ccccc5)cc4)c(-c4ccccc4)c3-c3ccccc3)cc2)c2ccc(OC)cc2-c2ccccc2)c(-c2ccccc2)c1. The molecule has 1 aromatic heterocycles. The first-order valence-electron chi connectivity index (χ1n) is 23.8. The number of hydrogen-bond donors (Lipinski definition) is 0. The van der Waals surface area contributed by atoms with Crippen LogP contribution >= 0.6 is 11.3 Å². The summed E-state index contributed by atoms with van der Waals surface area (Å²) in [5, 5.41) is 0. The van der Waals surface area contributed by atoms with Crippen LogP contribution < -0.4 is 19.3 Å². The van der Waals surface area contributed by atoms with Crippen molar-refractivity contribution < 1.29 is 9.47 Å². The molecule has 0 aliphatic heterocycles. The highest BCUT2D eigenvalue weighted by Gasteiger charge is 2.26. The van der Waals surface area contributed by atoms with Gasteiger partial charge in [0.25, 0.3) is 0 Å². The van der Waals surface area contributed by atoms with E-state index in [0.717, 1.165) is 79.0 Å². The van der Waals surface area contributed by atoms with Gasteiger partial charge in [0.1, 0.15) is 11.5 Å². The molecule has 0 fully saturated rings. The maximum absolute atomic E-state index is 5.85. The summed E-state index contributed by atoms with van der Waals surface area (Å²) in [6.07, 6.45) is 0. The normalized spacial score (nSPS) is 11.0. The first kappa shape index (κ1) is 44.6. The quantitative estimate of drug-likeness (QED) is 0.108. The number of thiophene rings is 1. The zero-order chi connectivity index (χ0) is 47.9. The molecule has 0 saturated heterocycles. The molecule has 0 saturated carbocycles. The highest BCUT2D eigenvalue weighted by Crippen LogP contribution is 2.53. The highest BCUT2D eigenvalue weighted by molar-refractivity contribution is 7.20. The zero-order valence-electron chi connectivity index (χ0n) is 39.5. The molecule has 0 aliphatic carbocycles. The van der Waals surface area contributed by atoms with Gasteiger partial charge >= 0.3 is 0 Å². The molecule has 0 atom stereocenters. The molecular formula is C66H50N2O2S. The van der Waals surface area contributed by atoms with E-state index >= 15 is 0 Å². The van der Waals surface area contributed by atoms with Crippen molar-refractivity contribution in [2.24, 2.45) is 0 Å². The second-order valence-corrected chi connectivity index (χ2v) is 18.2. The minimum atomic E-state index is 0.788. The van der Waals surface area contributed by atoms with Crippen molar-refractivity contribution in [3.63, 3.8) is 0 Å². The van der Waals surface area contributed by atoms with Gasteiger partial charge in [-0.05, 0) is 118 Å². The van der Waals surface area contributed by atoms with E-state index in [1.807, 2.05) is 23.5 Å². The molecule has 11 rings (SSSR count). The molecule has 0 bridgehead atoms. The van der Waals surface area contributed by atoms with Gasteiger partial charge in [0.15, 0.2) is 0 Å². The molecule has 4 nitrogen and oxygen atoms in total. The van der Waals surface area contributed by atoms with Gasteiger partial charge in [-0.15, -0.1) is 11.3 Å². The van der Waals surface area contributed by atoms with E-state index in [0.29, 0.717) is 0 Å². The lowest BCUT2D eigenvalue weighted by Gasteiger charge is -2.30. The van der Waals surface area contributed by atoms with E-state index in [-0.39, 0.29) is 0 Å². The smallest absolute Gasteiger partial charge is 0.119 e. The van der Waals surface area contributed by atoms with Crippen LogP contribution in [0.2, 0.25) is 0 Å². The Morgan fingerprint density at radius 1 is 0.282 bits per heavy atom. The number of ether oxygens (including phenoxy) is 2. The fourth-order valence-electron chi connectivity index (χ4n) is 9.50. The van der Waals surface area contributed by atoms with Crippen molar-refractivity contribution in [2.45, 2.75) is 0 Å². The molecule has 342 valence electrons. The topological polar surface area (TPSA) is 24.9 Å². The average Bonchev–Trinajstić information content (AvgIpc) is 3.86. The molecule has 71 heavy (non-hydrogen) atoms. The molecule has 10 aromatic carbocycles. The Bertz CT molecular complexity index is 3380. The standard InChI is InChI=1S/C66H50N2O2S/c1-69-57-41-43-61(59(45-57)47-21-9-3-10-22-47)68(62-44-42-58(70-2)46-60(62)48-23-11-4-12-24-48)56-39-35-52(36-40-56)66-64(50-27-15-6-16-28-50)63(49-25-13-5-14-26-49)65(71-66)51-33-37-55(38-34-51)67(53-29-17-7-18-30-53)54-31-19-8-20-32-54/h3-46H,1-2H3. The van der Waals surface area contributed by atoms with E-state index in [1.165, 1.54) is 32.0 Å². The van der Waals surface area contributed by atoms with Gasteiger partial charge in [-0.1, -0.05) is 182 Å². The molecule has 0 amide bonds. The second-order valence-electron chi connectivity index (χ2n) is 17.2. The van der Waals surface area contributed by atoms with E-state index in [1.54, 1.807) is 14.2 Å². The summed E-state index contributed by atoms with van der Waals surface area (Å²) in [5.74, 6) is 1.58. The Morgan fingerprint density at radius 3 is 0.944 bits per heavy atom. The second kappa shape index (κ2) is 20.4. The Hall–Kier alpha value is -8.90. The fourth-order valence-corrected chi connectivity index (χ4v) is 10.9. The molecule has 5 heteroatoms. The van der Waals surface area contributed by atoms with E-state index in [4.69, 9.17) is 9.47 Å². The first-order valence-corrected chi connectivity index (χ1v) is 24.6. The van der Waals surface area contributed by atoms with Gasteiger partial charge < -0.3 is 19.3 Å². The van der Waals surface area contributed by atoms with Gasteiger partial charge in [-0.3, -0.25) is 0 Å². The Labute approximate surface area is 420 Å². The minimum Gasteiger partial charge on any atom is -0.497 e. The molecule has 1 heterocycles. The average molecular weight is 935 g/mol. The van der Waals surface area contributed by atoms with E-state index < -0.39 is 0 Å². The summed E-state index contributed by atoms with van der Waals surface area (Å²) >= 11 is 1.85. The van der Waals surface area contributed by atoms with Crippen molar-refractivity contribution in [1.29, 1.82) is 0 Å². The third-order valence-corrected chi connectivity index (χ3v) is 14.2. The third-order valence-electron chi connectivity index (χ3n) is 12.9. The fraction of sp³-hybridized carbons (Fsp3) is 0.0303. The lowest BCUT2D eigenvalue weighted by molar-refractivity contribution is 0.415. The minimum absolute atomic E-state index is 0.788. The first-order chi connectivity index (χ1) is 35.1. The molecule has 11 aromatic rings. The summed E-state index contributed by atoms with van der Waals surface area (Å²) in [6.45, 7) is 0.